The van der Waals surface area contributed by atoms with Gasteiger partial charge in [0.15, 0.2) is 5.69 Å². The fourth-order valence-corrected chi connectivity index (χ4v) is 5.02. The summed E-state index contributed by atoms with van der Waals surface area (Å²) in [5, 5.41) is 6.66. The first kappa shape index (κ1) is 25.2. The molecule has 2 aromatic carbocycles. The quantitative estimate of drug-likeness (QED) is 0.413. The van der Waals surface area contributed by atoms with E-state index in [1.54, 1.807) is 42.5 Å². The van der Waals surface area contributed by atoms with Crippen LogP contribution in [-0.2, 0) is 11.1 Å². The van der Waals surface area contributed by atoms with Crippen LogP contribution in [0, 0.1) is 0 Å². The summed E-state index contributed by atoms with van der Waals surface area (Å²) in [6.45, 7) is 2.96. The van der Waals surface area contributed by atoms with Crippen LogP contribution in [0.25, 0.3) is 16.9 Å². The van der Waals surface area contributed by atoms with Crippen molar-refractivity contribution < 1.29 is 13.6 Å². The molecule has 1 aliphatic heterocycles. The van der Waals surface area contributed by atoms with Gasteiger partial charge in [-0.25, -0.2) is 9.69 Å². The standard InChI is InChI=1S/C23H23Cl3N4O3S/c1-14(34(32)33)20-21(23(31)28-29-11-3-2-4-12-29)27-30(19-10-9-17(25)13-18(19)26)22(20)15-5-7-16(24)8-6-15/h5-10,13-14H,2-4,11-12H2,1H3,(H,28,31)(H,32,33)/p-1. The number of rotatable bonds is 6. The van der Waals surface area contributed by atoms with Crippen molar-refractivity contribution in [2.45, 2.75) is 31.4 Å². The highest BCUT2D eigenvalue weighted by Gasteiger charge is 2.30. The summed E-state index contributed by atoms with van der Waals surface area (Å²) in [6, 6.07) is 11.8. The molecule has 2 atom stereocenters. The number of piperidine rings is 1. The van der Waals surface area contributed by atoms with Crippen molar-refractivity contribution in [2.24, 2.45) is 0 Å². The van der Waals surface area contributed by atoms with Gasteiger partial charge in [-0.15, -0.1) is 0 Å². The zero-order chi connectivity index (χ0) is 24.4. The van der Waals surface area contributed by atoms with Gasteiger partial charge < -0.3 is 4.55 Å². The summed E-state index contributed by atoms with van der Waals surface area (Å²) < 4.78 is 25.7. The zero-order valence-corrected chi connectivity index (χ0v) is 21.3. The van der Waals surface area contributed by atoms with Crippen molar-refractivity contribution in [1.82, 2.24) is 20.2 Å². The van der Waals surface area contributed by atoms with E-state index in [0.717, 1.165) is 32.4 Å². The van der Waals surface area contributed by atoms with Crippen molar-refractivity contribution in [2.75, 3.05) is 13.1 Å². The molecular weight excluding hydrogens is 519 g/mol. The summed E-state index contributed by atoms with van der Waals surface area (Å²) in [6.07, 6.45) is 3.05. The number of aromatic nitrogens is 2. The van der Waals surface area contributed by atoms with Crippen LogP contribution in [0.2, 0.25) is 15.1 Å². The average molecular weight is 541 g/mol. The van der Waals surface area contributed by atoms with Gasteiger partial charge in [0.1, 0.15) is 0 Å². The number of nitrogens with one attached hydrogen (secondary N) is 1. The smallest absolute Gasteiger partial charge is 0.286 e. The first-order chi connectivity index (χ1) is 16.3. The summed E-state index contributed by atoms with van der Waals surface area (Å²) in [5.74, 6) is -0.478. The molecule has 1 aliphatic rings. The molecule has 1 amide bonds. The van der Waals surface area contributed by atoms with Crippen LogP contribution in [0.4, 0.5) is 0 Å². The zero-order valence-electron chi connectivity index (χ0n) is 18.3. The third-order valence-corrected chi connectivity index (χ3v) is 7.31. The number of carbonyl (C=O) groups excluding carboxylic acids is 1. The predicted molar refractivity (Wildman–Crippen MR) is 134 cm³/mol. The van der Waals surface area contributed by atoms with Gasteiger partial charge in [0, 0.05) is 39.5 Å². The lowest BCUT2D eigenvalue weighted by Crippen LogP contribution is -2.45. The fraction of sp³-hybridized carbons (Fsp3) is 0.304. The molecule has 1 aromatic heterocycles. The number of amides is 1. The summed E-state index contributed by atoms with van der Waals surface area (Å²) >= 11 is 16.2. The minimum atomic E-state index is -2.51. The van der Waals surface area contributed by atoms with E-state index in [1.807, 2.05) is 5.01 Å². The van der Waals surface area contributed by atoms with Gasteiger partial charge in [0.05, 0.1) is 16.4 Å². The minimum absolute atomic E-state index is 0.0123. The summed E-state index contributed by atoms with van der Waals surface area (Å²) in [4.78, 5) is 13.4. The first-order valence-corrected chi connectivity index (χ1v) is 13.0. The van der Waals surface area contributed by atoms with Crippen LogP contribution in [-0.4, -0.2) is 42.5 Å². The van der Waals surface area contributed by atoms with E-state index in [9.17, 15) is 13.6 Å². The molecule has 1 N–H and O–H groups in total. The normalized spacial score (nSPS) is 16.3. The number of nitrogens with zero attached hydrogens (tertiary/aromatic N) is 3. The molecule has 4 rings (SSSR count). The lowest BCUT2D eigenvalue weighted by Gasteiger charge is -2.26. The lowest BCUT2D eigenvalue weighted by atomic mass is 10.0. The molecule has 0 radical (unpaired) electrons. The monoisotopic (exact) mass is 539 g/mol. The number of benzene rings is 2. The van der Waals surface area contributed by atoms with Crippen LogP contribution in [0.15, 0.2) is 42.5 Å². The highest BCUT2D eigenvalue weighted by Crippen LogP contribution is 2.38. The van der Waals surface area contributed by atoms with Gasteiger partial charge in [-0.1, -0.05) is 53.4 Å². The maximum absolute atomic E-state index is 13.4. The largest absolute Gasteiger partial charge is 0.772 e. The van der Waals surface area contributed by atoms with Gasteiger partial charge in [0.25, 0.3) is 5.91 Å². The molecule has 2 heterocycles. The fourth-order valence-electron chi connectivity index (χ4n) is 3.99. The van der Waals surface area contributed by atoms with E-state index in [4.69, 9.17) is 34.8 Å². The van der Waals surface area contributed by atoms with Crippen LogP contribution in [0.3, 0.4) is 0 Å². The Bertz CT molecular complexity index is 1230. The maximum Gasteiger partial charge on any atom is 0.286 e. The van der Waals surface area contributed by atoms with Crippen molar-refractivity contribution >= 4 is 51.8 Å². The first-order valence-electron chi connectivity index (χ1n) is 10.7. The van der Waals surface area contributed by atoms with Crippen molar-refractivity contribution in [3.63, 3.8) is 0 Å². The Balaban J connectivity index is 1.94. The van der Waals surface area contributed by atoms with Gasteiger partial charge in [-0.3, -0.25) is 14.4 Å². The Morgan fingerprint density at radius 2 is 1.71 bits per heavy atom. The Hall–Kier alpha value is -1.94. The van der Waals surface area contributed by atoms with Crippen molar-refractivity contribution in [3.8, 4) is 16.9 Å². The molecule has 180 valence electrons. The number of hydrazine groups is 1. The second-order valence-corrected chi connectivity index (χ2v) is 10.5. The molecular formula is C23H22Cl3N4O3S-. The van der Waals surface area contributed by atoms with E-state index in [2.05, 4.69) is 10.5 Å². The van der Waals surface area contributed by atoms with Crippen LogP contribution < -0.4 is 5.43 Å². The SMILES string of the molecule is CC(c1c(C(=O)NN2CCCCC2)nn(-c2ccc(Cl)cc2Cl)c1-c1ccc(Cl)cc1)S(=O)[O-]. The van der Waals surface area contributed by atoms with E-state index in [-0.39, 0.29) is 11.3 Å². The topological polar surface area (TPSA) is 90.3 Å². The Morgan fingerprint density at radius 1 is 1.06 bits per heavy atom. The Labute approximate surface area is 215 Å². The Morgan fingerprint density at radius 3 is 2.32 bits per heavy atom. The van der Waals surface area contributed by atoms with E-state index in [0.29, 0.717) is 32.0 Å². The summed E-state index contributed by atoms with van der Waals surface area (Å²) in [7, 11) is 0. The molecule has 11 heteroatoms. The van der Waals surface area contributed by atoms with E-state index >= 15 is 0 Å². The number of halogens is 3. The molecule has 0 spiro atoms. The average Bonchev–Trinajstić information content (AvgIpc) is 3.20. The molecule has 34 heavy (non-hydrogen) atoms. The number of hydrogen-bond donors (Lipinski definition) is 1. The second-order valence-electron chi connectivity index (χ2n) is 8.02. The Kier molecular flexibility index (Phi) is 7.97. The molecule has 7 nitrogen and oxygen atoms in total. The van der Waals surface area contributed by atoms with Gasteiger partial charge in [-0.2, -0.15) is 5.10 Å². The molecule has 0 saturated carbocycles. The molecule has 0 bridgehead atoms. The van der Waals surface area contributed by atoms with Crippen LogP contribution >= 0.6 is 34.8 Å². The molecule has 1 fully saturated rings. The van der Waals surface area contributed by atoms with Gasteiger partial charge in [-0.05, 0) is 61.2 Å². The predicted octanol–water partition coefficient (Wildman–Crippen LogP) is 5.57. The van der Waals surface area contributed by atoms with E-state index in [1.165, 1.54) is 11.6 Å². The lowest BCUT2D eigenvalue weighted by molar-refractivity contribution is 0.0743. The summed E-state index contributed by atoms with van der Waals surface area (Å²) in [5.41, 5.74) is 4.69. The third kappa shape index (κ3) is 5.32. The van der Waals surface area contributed by atoms with Gasteiger partial charge in [0.2, 0.25) is 0 Å². The molecule has 1 saturated heterocycles. The highest BCUT2D eigenvalue weighted by molar-refractivity contribution is 7.79. The highest BCUT2D eigenvalue weighted by atomic mass is 35.5. The van der Waals surface area contributed by atoms with Gasteiger partial charge >= 0.3 is 0 Å². The minimum Gasteiger partial charge on any atom is -0.772 e. The van der Waals surface area contributed by atoms with Crippen molar-refractivity contribution in [1.29, 1.82) is 0 Å². The van der Waals surface area contributed by atoms with E-state index < -0.39 is 22.2 Å². The number of carbonyl (C=O) groups is 1. The maximum atomic E-state index is 13.4. The third-order valence-electron chi connectivity index (χ3n) is 5.70. The van der Waals surface area contributed by atoms with Crippen molar-refractivity contribution in [3.05, 3.63) is 68.8 Å². The number of hydrogen-bond acceptors (Lipinski definition) is 5. The van der Waals surface area contributed by atoms with Crippen LogP contribution in [0.5, 0.6) is 0 Å². The second kappa shape index (κ2) is 10.8. The molecule has 0 aliphatic carbocycles. The van der Waals surface area contributed by atoms with Crippen LogP contribution in [0.1, 0.15) is 47.5 Å². The molecule has 3 aromatic rings. The molecule has 2 unspecified atom stereocenters.